The number of amides is 1. The Bertz CT molecular complexity index is 1320. The highest BCUT2D eigenvalue weighted by atomic mass is 32.2. The first-order chi connectivity index (χ1) is 17.6. The third-order valence-electron chi connectivity index (χ3n) is 5.01. The van der Waals surface area contributed by atoms with Crippen LogP contribution in [-0.4, -0.2) is 59.0 Å². The number of thioether (sulfide) groups is 1. The first-order valence-corrected chi connectivity index (χ1v) is 11.8. The van der Waals surface area contributed by atoms with Crippen molar-refractivity contribution in [3.05, 3.63) is 72.6 Å². The van der Waals surface area contributed by atoms with Crippen molar-refractivity contribution in [3.8, 4) is 34.3 Å². The van der Waals surface area contributed by atoms with E-state index in [0.717, 1.165) is 11.3 Å². The van der Waals surface area contributed by atoms with Gasteiger partial charge in [0.05, 0.1) is 33.3 Å². The second kappa shape index (κ2) is 11.8. The maximum absolute atomic E-state index is 12.4. The third kappa shape index (κ3) is 5.63. The van der Waals surface area contributed by atoms with Gasteiger partial charge >= 0.3 is 0 Å². The number of benzene rings is 2. The van der Waals surface area contributed by atoms with Crippen LogP contribution in [0.2, 0.25) is 0 Å². The number of hydrogen-bond acceptors (Lipinski definition) is 9. The molecule has 184 valence electrons. The summed E-state index contributed by atoms with van der Waals surface area (Å²) in [7, 11) is 4.66. The lowest BCUT2D eigenvalue weighted by Crippen LogP contribution is -2.20. The van der Waals surface area contributed by atoms with Gasteiger partial charge in [0.2, 0.25) is 5.75 Å². The average Bonchev–Trinajstić information content (AvgIpc) is 3.36. The molecule has 0 saturated carbocycles. The second-order valence-electron chi connectivity index (χ2n) is 7.25. The van der Waals surface area contributed by atoms with E-state index in [9.17, 15) is 4.79 Å². The molecule has 0 spiro atoms. The Morgan fingerprint density at radius 3 is 2.33 bits per heavy atom. The average molecular weight is 505 g/mol. The topological polar surface area (TPSA) is 113 Å². The van der Waals surface area contributed by atoms with E-state index in [2.05, 4.69) is 25.7 Å². The molecule has 0 fully saturated rings. The maximum atomic E-state index is 12.4. The summed E-state index contributed by atoms with van der Waals surface area (Å²) in [5.41, 5.74) is 4.90. The van der Waals surface area contributed by atoms with Gasteiger partial charge in [-0.3, -0.25) is 14.3 Å². The van der Waals surface area contributed by atoms with Crippen LogP contribution in [0, 0.1) is 0 Å². The van der Waals surface area contributed by atoms with E-state index < -0.39 is 0 Å². The lowest BCUT2D eigenvalue weighted by molar-refractivity contribution is -0.118. The molecule has 0 unspecified atom stereocenters. The van der Waals surface area contributed by atoms with E-state index in [0.29, 0.717) is 33.8 Å². The van der Waals surface area contributed by atoms with Crippen molar-refractivity contribution in [3.63, 3.8) is 0 Å². The summed E-state index contributed by atoms with van der Waals surface area (Å²) in [5, 5.41) is 13.3. The Morgan fingerprint density at radius 1 is 1.00 bits per heavy atom. The van der Waals surface area contributed by atoms with E-state index in [1.54, 1.807) is 64.2 Å². The standard InChI is InChI=1S/C25H24N6O4S/c1-33-20-13-18(14-21(34-2)23(20)35-3)24-29-30-25(31(24)19-7-5-4-6-8-19)36-16-22(32)28-27-15-17-9-11-26-12-10-17/h4-15H,16H2,1-3H3,(H,28,32)/b27-15+. The minimum absolute atomic E-state index is 0.0912. The van der Waals surface area contributed by atoms with Gasteiger partial charge in [-0.25, -0.2) is 5.43 Å². The number of carbonyl (C=O) groups excluding carboxylic acids is 1. The predicted octanol–water partition coefficient (Wildman–Crippen LogP) is 3.60. The zero-order chi connectivity index (χ0) is 25.3. The number of para-hydroxylation sites is 1. The first-order valence-electron chi connectivity index (χ1n) is 10.8. The number of nitrogens with one attached hydrogen (secondary N) is 1. The SMILES string of the molecule is COc1cc(-c2nnc(SCC(=O)N/N=C/c3ccncc3)n2-c2ccccc2)cc(OC)c1OC. The molecule has 2 aromatic heterocycles. The van der Waals surface area contributed by atoms with Gasteiger partial charge in [-0.2, -0.15) is 5.10 Å². The Hall–Kier alpha value is -4.38. The largest absolute Gasteiger partial charge is 0.493 e. The number of hydrazone groups is 1. The van der Waals surface area contributed by atoms with Crippen LogP contribution >= 0.6 is 11.8 Å². The fraction of sp³-hybridized carbons (Fsp3) is 0.160. The van der Waals surface area contributed by atoms with Crippen LogP contribution in [-0.2, 0) is 4.79 Å². The molecule has 0 aliphatic rings. The summed E-state index contributed by atoms with van der Waals surface area (Å²) in [6.45, 7) is 0. The lowest BCUT2D eigenvalue weighted by atomic mass is 10.1. The zero-order valence-electron chi connectivity index (χ0n) is 19.9. The molecule has 2 aromatic carbocycles. The number of ether oxygens (including phenoxy) is 3. The third-order valence-corrected chi connectivity index (χ3v) is 5.94. The molecule has 0 aliphatic carbocycles. The van der Waals surface area contributed by atoms with Gasteiger partial charge in [-0.1, -0.05) is 30.0 Å². The van der Waals surface area contributed by atoms with Crippen LogP contribution in [0.25, 0.3) is 17.1 Å². The minimum Gasteiger partial charge on any atom is -0.493 e. The molecule has 10 nitrogen and oxygen atoms in total. The van der Waals surface area contributed by atoms with Gasteiger partial charge in [0.15, 0.2) is 22.5 Å². The minimum atomic E-state index is -0.276. The summed E-state index contributed by atoms with van der Waals surface area (Å²) in [4.78, 5) is 16.4. The highest BCUT2D eigenvalue weighted by molar-refractivity contribution is 7.99. The van der Waals surface area contributed by atoms with E-state index in [-0.39, 0.29) is 11.7 Å². The quantitative estimate of drug-likeness (QED) is 0.198. The van der Waals surface area contributed by atoms with Crippen molar-refractivity contribution in [1.82, 2.24) is 25.2 Å². The zero-order valence-corrected chi connectivity index (χ0v) is 20.7. The van der Waals surface area contributed by atoms with Gasteiger partial charge in [-0.05, 0) is 42.0 Å². The lowest BCUT2D eigenvalue weighted by Gasteiger charge is -2.15. The van der Waals surface area contributed by atoms with Gasteiger partial charge in [-0.15, -0.1) is 10.2 Å². The van der Waals surface area contributed by atoms with Crippen LogP contribution in [0.1, 0.15) is 5.56 Å². The van der Waals surface area contributed by atoms with Crippen molar-refractivity contribution >= 4 is 23.9 Å². The van der Waals surface area contributed by atoms with E-state index >= 15 is 0 Å². The highest BCUT2D eigenvalue weighted by Crippen LogP contribution is 2.41. The molecular weight excluding hydrogens is 480 g/mol. The van der Waals surface area contributed by atoms with Gasteiger partial charge in [0.1, 0.15) is 0 Å². The maximum Gasteiger partial charge on any atom is 0.250 e. The summed E-state index contributed by atoms with van der Waals surface area (Å²) in [6.07, 6.45) is 4.86. The van der Waals surface area contributed by atoms with Crippen molar-refractivity contribution in [1.29, 1.82) is 0 Å². The van der Waals surface area contributed by atoms with Gasteiger partial charge in [0, 0.05) is 23.6 Å². The van der Waals surface area contributed by atoms with E-state index in [1.807, 2.05) is 34.9 Å². The van der Waals surface area contributed by atoms with E-state index in [4.69, 9.17) is 14.2 Å². The molecule has 4 aromatic rings. The van der Waals surface area contributed by atoms with Crippen LogP contribution < -0.4 is 19.6 Å². The Morgan fingerprint density at radius 2 is 1.69 bits per heavy atom. The molecule has 2 heterocycles. The molecule has 0 bridgehead atoms. The molecule has 36 heavy (non-hydrogen) atoms. The highest BCUT2D eigenvalue weighted by Gasteiger charge is 2.21. The van der Waals surface area contributed by atoms with Crippen molar-refractivity contribution in [2.24, 2.45) is 5.10 Å². The van der Waals surface area contributed by atoms with Gasteiger partial charge in [0.25, 0.3) is 5.91 Å². The molecule has 0 aliphatic heterocycles. The Kier molecular flexibility index (Phi) is 8.14. The number of hydrogen-bond donors (Lipinski definition) is 1. The number of rotatable bonds is 10. The first kappa shape index (κ1) is 24.7. The monoisotopic (exact) mass is 504 g/mol. The Balaban J connectivity index is 1.61. The molecule has 0 atom stereocenters. The molecule has 0 radical (unpaired) electrons. The van der Waals surface area contributed by atoms with Crippen LogP contribution in [0.3, 0.4) is 0 Å². The molecule has 1 N–H and O–H groups in total. The molecule has 1 amide bonds. The summed E-state index contributed by atoms with van der Waals surface area (Å²) >= 11 is 1.25. The molecule has 0 saturated heterocycles. The number of aromatic nitrogens is 4. The van der Waals surface area contributed by atoms with Crippen molar-refractivity contribution in [2.45, 2.75) is 5.16 Å². The summed E-state index contributed by atoms with van der Waals surface area (Å²) in [6, 6.07) is 16.8. The van der Waals surface area contributed by atoms with Crippen LogP contribution in [0.15, 0.2) is 77.2 Å². The van der Waals surface area contributed by atoms with E-state index in [1.165, 1.54) is 11.8 Å². The molecular formula is C25H24N6O4S. The molecule has 4 rings (SSSR count). The fourth-order valence-electron chi connectivity index (χ4n) is 3.36. The van der Waals surface area contributed by atoms with Crippen molar-refractivity contribution < 1.29 is 19.0 Å². The molecule has 11 heteroatoms. The second-order valence-corrected chi connectivity index (χ2v) is 8.20. The fourth-order valence-corrected chi connectivity index (χ4v) is 4.11. The van der Waals surface area contributed by atoms with Crippen molar-refractivity contribution in [2.75, 3.05) is 27.1 Å². The van der Waals surface area contributed by atoms with Crippen LogP contribution in [0.5, 0.6) is 17.2 Å². The summed E-state index contributed by atoms with van der Waals surface area (Å²) in [5.74, 6) is 1.84. The van der Waals surface area contributed by atoms with Gasteiger partial charge < -0.3 is 14.2 Å². The smallest absolute Gasteiger partial charge is 0.250 e. The number of carbonyl (C=O) groups is 1. The summed E-state index contributed by atoms with van der Waals surface area (Å²) < 4.78 is 18.3. The Labute approximate surface area is 212 Å². The normalized spacial score (nSPS) is 10.9. The number of nitrogens with zero attached hydrogens (tertiary/aromatic N) is 5. The number of methoxy groups -OCH3 is 3. The number of pyridine rings is 1. The predicted molar refractivity (Wildman–Crippen MR) is 137 cm³/mol. The van der Waals surface area contributed by atoms with Crippen LogP contribution in [0.4, 0.5) is 0 Å².